The summed E-state index contributed by atoms with van der Waals surface area (Å²) in [7, 11) is 0. The number of hydrogen-bond acceptors (Lipinski definition) is 4. The summed E-state index contributed by atoms with van der Waals surface area (Å²) in [6.07, 6.45) is 1.73. The van der Waals surface area contributed by atoms with Crippen LogP contribution in [-0.2, 0) is 18.5 Å². The zero-order chi connectivity index (χ0) is 23.2. The van der Waals surface area contributed by atoms with Gasteiger partial charge in [-0.2, -0.15) is 5.10 Å². The molecule has 166 valence electrons. The molecule has 5 rings (SSSR count). The Kier molecular flexibility index (Phi) is 4.96. The SMILES string of the molecule is CC(C)(C)c1ccc(C(=O)Nc2n[nH]c3c2CN(C(=O)c2ccc4ncccc4c2)C3)cc1. The Morgan fingerprint density at radius 3 is 2.52 bits per heavy atom. The fraction of sp³-hybridized carbons (Fsp3) is 0.231. The number of aromatic nitrogens is 3. The third kappa shape index (κ3) is 3.98. The number of rotatable bonds is 3. The van der Waals surface area contributed by atoms with E-state index in [0.717, 1.165) is 22.2 Å². The first kappa shape index (κ1) is 20.9. The first-order valence-electron chi connectivity index (χ1n) is 10.9. The van der Waals surface area contributed by atoms with Crippen LogP contribution in [0.1, 0.15) is 58.3 Å². The van der Waals surface area contributed by atoms with Crippen LogP contribution < -0.4 is 5.32 Å². The lowest BCUT2D eigenvalue weighted by Crippen LogP contribution is -2.26. The van der Waals surface area contributed by atoms with Gasteiger partial charge in [0, 0.05) is 28.3 Å². The lowest BCUT2D eigenvalue weighted by molar-refractivity contribution is 0.0750. The van der Waals surface area contributed by atoms with Crippen LogP contribution in [0.15, 0.2) is 60.8 Å². The molecule has 1 aliphatic rings. The second-order valence-electron chi connectivity index (χ2n) is 9.38. The molecular weight excluding hydrogens is 414 g/mol. The van der Waals surface area contributed by atoms with Crippen molar-refractivity contribution < 1.29 is 9.59 Å². The van der Waals surface area contributed by atoms with Crippen LogP contribution in [0.2, 0.25) is 0 Å². The Morgan fingerprint density at radius 1 is 1.00 bits per heavy atom. The maximum atomic E-state index is 13.1. The predicted octanol–water partition coefficient (Wildman–Crippen LogP) is 4.66. The molecular formula is C26H25N5O2. The molecule has 0 aliphatic carbocycles. The molecule has 0 spiro atoms. The van der Waals surface area contributed by atoms with Gasteiger partial charge in [0.2, 0.25) is 0 Å². The molecule has 0 atom stereocenters. The van der Waals surface area contributed by atoms with E-state index in [9.17, 15) is 9.59 Å². The molecule has 2 N–H and O–H groups in total. The fourth-order valence-electron chi connectivity index (χ4n) is 4.08. The summed E-state index contributed by atoms with van der Waals surface area (Å²) < 4.78 is 0. The summed E-state index contributed by atoms with van der Waals surface area (Å²) >= 11 is 0. The van der Waals surface area contributed by atoms with E-state index in [1.807, 2.05) is 48.5 Å². The van der Waals surface area contributed by atoms with Crippen LogP contribution in [0.5, 0.6) is 0 Å². The van der Waals surface area contributed by atoms with Crippen LogP contribution in [0.4, 0.5) is 5.82 Å². The number of nitrogens with one attached hydrogen (secondary N) is 2. The normalized spacial score (nSPS) is 13.2. The van der Waals surface area contributed by atoms with Crippen LogP contribution in [0, 0.1) is 0 Å². The molecule has 0 unspecified atom stereocenters. The number of carbonyl (C=O) groups is 2. The second-order valence-corrected chi connectivity index (χ2v) is 9.38. The van der Waals surface area contributed by atoms with Crippen LogP contribution >= 0.6 is 0 Å². The maximum absolute atomic E-state index is 13.1. The highest BCUT2D eigenvalue weighted by Crippen LogP contribution is 2.29. The summed E-state index contributed by atoms with van der Waals surface area (Å²) in [5, 5.41) is 11.1. The van der Waals surface area contributed by atoms with Gasteiger partial charge in [-0.05, 0) is 47.4 Å². The Labute approximate surface area is 191 Å². The Balaban J connectivity index is 1.30. The van der Waals surface area contributed by atoms with Crippen molar-refractivity contribution in [3.63, 3.8) is 0 Å². The van der Waals surface area contributed by atoms with E-state index >= 15 is 0 Å². The molecule has 0 saturated heterocycles. The molecule has 2 aromatic heterocycles. The molecule has 0 bridgehead atoms. The number of fused-ring (bicyclic) bond motifs is 2. The summed E-state index contributed by atoms with van der Waals surface area (Å²) in [5.74, 6) is 0.171. The quantitative estimate of drug-likeness (QED) is 0.486. The highest BCUT2D eigenvalue weighted by molar-refractivity contribution is 6.04. The molecule has 1 aliphatic heterocycles. The van der Waals surface area contributed by atoms with Gasteiger partial charge in [0.15, 0.2) is 5.82 Å². The molecule has 0 saturated carbocycles. The average molecular weight is 440 g/mol. The van der Waals surface area contributed by atoms with E-state index in [0.29, 0.717) is 30.0 Å². The monoisotopic (exact) mass is 439 g/mol. The minimum absolute atomic E-state index is 0.0234. The minimum Gasteiger partial charge on any atom is -0.328 e. The highest BCUT2D eigenvalue weighted by atomic mass is 16.2. The summed E-state index contributed by atoms with van der Waals surface area (Å²) in [4.78, 5) is 31.9. The van der Waals surface area contributed by atoms with Crippen molar-refractivity contribution in [3.8, 4) is 0 Å². The zero-order valence-corrected chi connectivity index (χ0v) is 18.8. The van der Waals surface area contributed by atoms with E-state index in [1.165, 1.54) is 5.56 Å². The van der Waals surface area contributed by atoms with E-state index in [1.54, 1.807) is 17.2 Å². The lowest BCUT2D eigenvalue weighted by atomic mass is 9.87. The lowest BCUT2D eigenvalue weighted by Gasteiger charge is -2.19. The zero-order valence-electron chi connectivity index (χ0n) is 18.8. The molecule has 4 aromatic rings. The predicted molar refractivity (Wildman–Crippen MR) is 127 cm³/mol. The smallest absolute Gasteiger partial charge is 0.256 e. The summed E-state index contributed by atoms with van der Waals surface area (Å²) in [6.45, 7) is 7.21. The molecule has 7 nitrogen and oxygen atoms in total. The number of benzene rings is 2. The summed E-state index contributed by atoms with van der Waals surface area (Å²) in [6, 6.07) is 16.9. The largest absolute Gasteiger partial charge is 0.328 e. The van der Waals surface area contributed by atoms with E-state index in [4.69, 9.17) is 0 Å². The van der Waals surface area contributed by atoms with Gasteiger partial charge in [0.25, 0.3) is 11.8 Å². The Bertz CT molecular complexity index is 1370. The first-order valence-corrected chi connectivity index (χ1v) is 10.9. The van der Waals surface area contributed by atoms with Gasteiger partial charge >= 0.3 is 0 Å². The van der Waals surface area contributed by atoms with Gasteiger partial charge in [-0.1, -0.05) is 39.0 Å². The molecule has 7 heteroatoms. The van der Waals surface area contributed by atoms with Crippen molar-refractivity contribution in [2.45, 2.75) is 39.3 Å². The van der Waals surface area contributed by atoms with Crippen molar-refractivity contribution in [3.05, 3.63) is 88.7 Å². The fourth-order valence-corrected chi connectivity index (χ4v) is 4.08. The van der Waals surface area contributed by atoms with Crippen molar-refractivity contribution in [1.29, 1.82) is 0 Å². The first-order chi connectivity index (χ1) is 15.8. The number of nitrogens with zero attached hydrogens (tertiary/aromatic N) is 3. The average Bonchev–Trinajstić information content (AvgIpc) is 3.39. The molecule has 2 amide bonds. The number of pyridine rings is 1. The van der Waals surface area contributed by atoms with Gasteiger partial charge in [-0.15, -0.1) is 0 Å². The van der Waals surface area contributed by atoms with E-state index in [2.05, 4.69) is 41.3 Å². The highest BCUT2D eigenvalue weighted by Gasteiger charge is 2.29. The molecule has 2 aromatic carbocycles. The number of amides is 2. The van der Waals surface area contributed by atoms with Crippen molar-refractivity contribution in [2.75, 3.05) is 5.32 Å². The number of carbonyl (C=O) groups excluding carboxylic acids is 2. The second kappa shape index (κ2) is 7.85. The van der Waals surface area contributed by atoms with Crippen LogP contribution in [0.3, 0.4) is 0 Å². The van der Waals surface area contributed by atoms with Gasteiger partial charge < -0.3 is 10.2 Å². The minimum atomic E-state index is -0.225. The van der Waals surface area contributed by atoms with E-state index < -0.39 is 0 Å². The Hall–Kier alpha value is -4.00. The van der Waals surface area contributed by atoms with Gasteiger partial charge in [0.1, 0.15) is 0 Å². The van der Waals surface area contributed by atoms with Crippen LogP contribution in [0.25, 0.3) is 10.9 Å². The third-order valence-electron chi connectivity index (χ3n) is 6.03. The van der Waals surface area contributed by atoms with Gasteiger partial charge in [0.05, 0.1) is 24.3 Å². The molecule has 33 heavy (non-hydrogen) atoms. The molecule has 0 fully saturated rings. The van der Waals surface area contributed by atoms with Crippen molar-refractivity contribution in [1.82, 2.24) is 20.1 Å². The third-order valence-corrected chi connectivity index (χ3v) is 6.03. The number of aromatic amines is 1. The summed E-state index contributed by atoms with van der Waals surface area (Å²) in [5.41, 5.74) is 4.89. The van der Waals surface area contributed by atoms with Crippen molar-refractivity contribution >= 4 is 28.5 Å². The number of H-pyrrole nitrogens is 1. The number of anilines is 1. The van der Waals surface area contributed by atoms with Gasteiger partial charge in [-0.25, -0.2) is 0 Å². The molecule has 0 radical (unpaired) electrons. The standard InChI is InChI=1S/C26H25N5O2/c1-26(2,3)19-9-6-16(7-10-19)24(32)28-23-20-14-31(15-22(20)29-30-23)25(33)18-8-11-21-17(13-18)5-4-12-27-21/h4-13H,14-15H2,1-3H3,(H2,28,29,30,32). The van der Waals surface area contributed by atoms with Gasteiger partial charge in [-0.3, -0.25) is 19.7 Å². The van der Waals surface area contributed by atoms with Crippen molar-refractivity contribution in [2.24, 2.45) is 0 Å². The number of hydrogen-bond donors (Lipinski definition) is 2. The Morgan fingerprint density at radius 2 is 1.76 bits per heavy atom. The van der Waals surface area contributed by atoms with E-state index in [-0.39, 0.29) is 17.2 Å². The van der Waals surface area contributed by atoms with Crippen LogP contribution in [-0.4, -0.2) is 31.9 Å². The topological polar surface area (TPSA) is 91.0 Å². The molecule has 3 heterocycles. The maximum Gasteiger partial charge on any atom is 0.256 e.